The highest BCUT2D eigenvalue weighted by Gasteiger charge is 2.32. The Morgan fingerprint density at radius 2 is 0.849 bits per heavy atom. The molecule has 4 heterocycles. The summed E-state index contributed by atoms with van der Waals surface area (Å²) in [5.74, 6) is 4.09. The average molecular weight is 1040 g/mol. The van der Waals surface area contributed by atoms with Crippen LogP contribution in [0.2, 0.25) is 10.0 Å². The third-order valence-electron chi connectivity index (χ3n) is 12.3. The van der Waals surface area contributed by atoms with Gasteiger partial charge in [-0.15, -0.1) is 20.4 Å². The molecule has 6 aromatic rings. The summed E-state index contributed by atoms with van der Waals surface area (Å²) in [6, 6.07) is 25.5. The van der Waals surface area contributed by atoms with Crippen molar-refractivity contribution in [2.75, 3.05) is 80.3 Å². The molecule has 0 bridgehead atoms. The van der Waals surface area contributed by atoms with Crippen LogP contribution in [0.25, 0.3) is 11.4 Å². The van der Waals surface area contributed by atoms with Crippen molar-refractivity contribution in [1.82, 2.24) is 29.5 Å². The lowest BCUT2D eigenvalue weighted by atomic mass is 9.99. The molecule has 0 unspecified atom stereocenters. The summed E-state index contributed by atoms with van der Waals surface area (Å²) in [5.41, 5.74) is 6.58. The summed E-state index contributed by atoms with van der Waals surface area (Å²) in [5, 5.41) is 18.9. The minimum atomic E-state index is -0.546. The van der Waals surface area contributed by atoms with E-state index in [1.165, 1.54) is 0 Å². The fourth-order valence-electron chi connectivity index (χ4n) is 8.71. The van der Waals surface area contributed by atoms with Gasteiger partial charge in [-0.2, -0.15) is 0 Å². The van der Waals surface area contributed by atoms with Crippen LogP contribution in [-0.4, -0.2) is 133 Å². The number of aromatic nitrogens is 6. The van der Waals surface area contributed by atoms with Crippen molar-refractivity contribution in [3.8, 4) is 22.9 Å². The summed E-state index contributed by atoms with van der Waals surface area (Å²) in [6.07, 6.45) is 2.15. The quantitative estimate of drug-likeness (QED) is 0.0425. The molecule has 0 fully saturated rings. The van der Waals surface area contributed by atoms with Gasteiger partial charge >= 0.3 is 0 Å². The van der Waals surface area contributed by atoms with Gasteiger partial charge in [0.1, 0.15) is 46.8 Å². The van der Waals surface area contributed by atoms with E-state index in [0.29, 0.717) is 137 Å². The molecule has 4 aromatic carbocycles. The van der Waals surface area contributed by atoms with Gasteiger partial charge in [0.2, 0.25) is 0 Å². The summed E-state index contributed by atoms with van der Waals surface area (Å²) < 4.78 is 43.5. The molecular formula is C54H60Cl2N8O9. The molecule has 0 amide bonds. The molecule has 0 saturated heterocycles. The Morgan fingerprint density at radius 3 is 1.21 bits per heavy atom. The van der Waals surface area contributed by atoms with Gasteiger partial charge in [-0.1, -0.05) is 47.5 Å². The van der Waals surface area contributed by atoms with Crippen molar-refractivity contribution in [3.63, 3.8) is 0 Å². The molecule has 19 heteroatoms. The van der Waals surface area contributed by atoms with Crippen LogP contribution in [-0.2, 0) is 33.3 Å². The van der Waals surface area contributed by atoms with E-state index in [2.05, 4.69) is 20.4 Å². The Kier molecular flexibility index (Phi) is 19.0. The highest BCUT2D eigenvalue weighted by atomic mass is 35.5. The first kappa shape index (κ1) is 53.1. The van der Waals surface area contributed by atoms with Gasteiger partial charge < -0.3 is 33.2 Å². The topological polar surface area (TPSA) is 185 Å². The van der Waals surface area contributed by atoms with Gasteiger partial charge in [-0.3, -0.25) is 28.7 Å². The highest BCUT2D eigenvalue weighted by molar-refractivity contribution is 6.31. The molecule has 2 aromatic heterocycles. The van der Waals surface area contributed by atoms with E-state index in [1.54, 1.807) is 14.2 Å². The Morgan fingerprint density at radius 1 is 0.493 bits per heavy atom. The van der Waals surface area contributed by atoms with Crippen molar-refractivity contribution in [1.29, 1.82) is 0 Å². The number of benzene rings is 4. The monoisotopic (exact) mass is 1030 g/mol. The van der Waals surface area contributed by atoms with Crippen molar-refractivity contribution in [2.24, 2.45) is 9.98 Å². The van der Waals surface area contributed by atoms with E-state index in [4.69, 9.17) is 66.3 Å². The van der Waals surface area contributed by atoms with Crippen LogP contribution in [0.3, 0.4) is 0 Å². The molecule has 73 heavy (non-hydrogen) atoms. The second-order valence-corrected chi connectivity index (χ2v) is 18.3. The SMILES string of the molecule is COc1ccc2c(c1)C(c1ccc(Cl)cc1)=N[C@@H](CC(=O)CCCOCCOCCOCCOCCOCCCC(=O)C[C@@H]1N=C(c3ccc(Cl)cc3)c3cc(OC)ccc3-n3c(C)nnc31)c1nnc(C)n1-2. The molecule has 0 aliphatic carbocycles. The van der Waals surface area contributed by atoms with Crippen LogP contribution < -0.4 is 9.47 Å². The molecule has 8 rings (SSSR count). The van der Waals surface area contributed by atoms with Gasteiger partial charge in [0, 0.05) is 71.2 Å². The fraction of sp³-hybridized carbons (Fsp3) is 0.407. The number of methoxy groups -OCH3 is 2. The number of ketones is 2. The number of aryl methyl sites for hydroxylation is 2. The van der Waals surface area contributed by atoms with Gasteiger partial charge in [0.25, 0.3) is 0 Å². The second kappa shape index (κ2) is 26.2. The Labute approximate surface area is 434 Å². The van der Waals surface area contributed by atoms with Gasteiger partial charge in [0.15, 0.2) is 11.6 Å². The molecular weight excluding hydrogens is 976 g/mol. The lowest BCUT2D eigenvalue weighted by Crippen LogP contribution is -2.14. The number of hydrogen-bond donors (Lipinski definition) is 0. The van der Waals surface area contributed by atoms with E-state index >= 15 is 0 Å². The van der Waals surface area contributed by atoms with Crippen LogP contribution in [0.4, 0.5) is 0 Å². The maximum atomic E-state index is 13.4. The number of halogens is 2. The number of carbonyl (C=O) groups is 2. The van der Waals surface area contributed by atoms with E-state index in [1.807, 2.05) is 108 Å². The normalized spacial score (nSPS) is 14.8. The number of ether oxygens (including phenoxy) is 7. The van der Waals surface area contributed by atoms with Crippen LogP contribution in [0.1, 0.15) is 96.2 Å². The summed E-state index contributed by atoms with van der Waals surface area (Å²) in [6.45, 7) is 7.95. The van der Waals surface area contributed by atoms with E-state index in [0.717, 1.165) is 45.1 Å². The molecule has 17 nitrogen and oxygen atoms in total. The number of fused-ring (bicyclic) bond motifs is 6. The lowest BCUT2D eigenvalue weighted by molar-refractivity contribution is -0.120. The predicted molar refractivity (Wildman–Crippen MR) is 277 cm³/mol. The van der Waals surface area contributed by atoms with Crippen molar-refractivity contribution in [2.45, 2.75) is 64.5 Å². The molecule has 0 saturated carbocycles. The first-order valence-electron chi connectivity index (χ1n) is 24.4. The van der Waals surface area contributed by atoms with E-state index < -0.39 is 12.1 Å². The molecule has 2 atom stereocenters. The molecule has 0 radical (unpaired) electrons. The molecule has 384 valence electrons. The number of aliphatic imine (C=N–C) groups is 2. The summed E-state index contributed by atoms with van der Waals surface area (Å²) in [4.78, 5) is 37.0. The number of Topliss-reactive ketones (excluding diaryl/α,β-unsaturated/α-hetero) is 2. The minimum Gasteiger partial charge on any atom is -0.497 e. The maximum absolute atomic E-state index is 13.4. The smallest absolute Gasteiger partial charge is 0.162 e. The highest BCUT2D eigenvalue weighted by Crippen LogP contribution is 2.37. The first-order valence-corrected chi connectivity index (χ1v) is 25.2. The predicted octanol–water partition coefficient (Wildman–Crippen LogP) is 8.84. The van der Waals surface area contributed by atoms with Crippen molar-refractivity contribution in [3.05, 3.63) is 141 Å². The Balaban J connectivity index is 0.665. The maximum Gasteiger partial charge on any atom is 0.162 e. The largest absolute Gasteiger partial charge is 0.497 e. The third kappa shape index (κ3) is 13.7. The van der Waals surface area contributed by atoms with Crippen molar-refractivity contribution < 1.29 is 42.7 Å². The molecule has 0 N–H and O–H groups in total. The summed E-state index contributed by atoms with van der Waals surface area (Å²) >= 11 is 12.5. The first-order chi connectivity index (χ1) is 35.6. The fourth-order valence-corrected chi connectivity index (χ4v) is 8.97. The average Bonchev–Trinajstić information content (AvgIpc) is 3.90. The molecule has 0 spiro atoms. The van der Waals surface area contributed by atoms with Gasteiger partial charge in [-0.25, -0.2) is 0 Å². The zero-order valence-electron chi connectivity index (χ0n) is 41.6. The number of nitrogens with zero attached hydrogens (tertiary/aromatic N) is 8. The number of rotatable bonds is 28. The zero-order chi connectivity index (χ0) is 51.1. The van der Waals surface area contributed by atoms with Crippen LogP contribution in [0.5, 0.6) is 11.5 Å². The van der Waals surface area contributed by atoms with Crippen molar-refractivity contribution >= 4 is 46.2 Å². The summed E-state index contributed by atoms with van der Waals surface area (Å²) in [7, 11) is 3.25. The Hall–Kier alpha value is -6.18. The standard InChI is InChI=1S/C54H60Cl2N8O9/c1-35-59-61-53-47(57-51(37-9-13-39(55)14-10-37)45-33-43(67-3)17-19-49(45)63(35)53)31-41(65)7-5-21-69-23-25-71-27-29-73-30-28-72-26-24-70-22-6-8-42(66)32-48-54-62-60-36(2)64(54)50-20-18-44(68-4)34-46(50)52(58-48)38-11-15-40(56)16-12-38/h9-20,33-34,47-48H,5-8,21-32H2,1-4H3/t47-,48-/m0/s1. The molecule has 2 aliphatic heterocycles. The van der Waals surface area contributed by atoms with E-state index in [-0.39, 0.29) is 24.4 Å². The zero-order valence-corrected chi connectivity index (χ0v) is 43.1. The minimum absolute atomic E-state index is 0.0536. The number of hydrogen-bond acceptors (Lipinski definition) is 15. The lowest BCUT2D eigenvalue weighted by Gasteiger charge is -2.14. The van der Waals surface area contributed by atoms with Crippen LogP contribution >= 0.6 is 23.2 Å². The van der Waals surface area contributed by atoms with E-state index in [9.17, 15) is 9.59 Å². The van der Waals surface area contributed by atoms with Gasteiger partial charge in [0.05, 0.1) is 89.9 Å². The van der Waals surface area contributed by atoms with Gasteiger partial charge in [-0.05, 0) is 87.4 Å². The second-order valence-electron chi connectivity index (χ2n) is 17.4. The van der Waals surface area contributed by atoms with Crippen LogP contribution in [0.15, 0.2) is 94.9 Å². The third-order valence-corrected chi connectivity index (χ3v) is 12.8. The molecule has 2 aliphatic rings. The Bertz CT molecular complexity index is 2690. The number of carbonyl (C=O) groups excluding carboxylic acids is 2. The van der Waals surface area contributed by atoms with Crippen LogP contribution in [0, 0.1) is 13.8 Å².